The van der Waals surface area contributed by atoms with Crippen LogP contribution in [-0.4, -0.2) is 59.6 Å². The minimum atomic E-state index is -0.438. The second kappa shape index (κ2) is 11.4. The van der Waals surface area contributed by atoms with Crippen molar-refractivity contribution in [2.45, 2.75) is 6.54 Å². The molecular formula is C22H24ClN5O3. The predicted molar refractivity (Wildman–Crippen MR) is 122 cm³/mol. The third-order valence-electron chi connectivity index (χ3n) is 4.94. The Morgan fingerprint density at radius 3 is 2.52 bits per heavy atom. The molecule has 0 aromatic heterocycles. The van der Waals surface area contributed by atoms with Gasteiger partial charge < -0.3 is 0 Å². The summed E-state index contributed by atoms with van der Waals surface area (Å²) in [6.45, 7) is 4.38. The molecule has 162 valence electrons. The highest BCUT2D eigenvalue weighted by Gasteiger charge is 2.19. The molecule has 1 amide bonds. The van der Waals surface area contributed by atoms with E-state index in [0.717, 1.165) is 43.3 Å². The van der Waals surface area contributed by atoms with Crippen LogP contribution in [0, 0.1) is 10.1 Å². The van der Waals surface area contributed by atoms with E-state index in [1.54, 1.807) is 30.4 Å². The zero-order valence-corrected chi connectivity index (χ0v) is 17.7. The molecular weight excluding hydrogens is 418 g/mol. The van der Waals surface area contributed by atoms with Crippen molar-refractivity contribution in [3.8, 4) is 0 Å². The molecule has 1 aliphatic heterocycles. The van der Waals surface area contributed by atoms with E-state index < -0.39 is 4.92 Å². The smallest absolute Gasteiger partial charge is 0.276 e. The second-order valence-corrected chi connectivity index (χ2v) is 7.54. The average Bonchev–Trinajstić information content (AvgIpc) is 2.76. The molecule has 1 aliphatic rings. The van der Waals surface area contributed by atoms with Crippen molar-refractivity contribution in [3.05, 3.63) is 80.9 Å². The Hall–Kier alpha value is -3.07. The van der Waals surface area contributed by atoms with Gasteiger partial charge in [0.25, 0.3) is 11.6 Å². The standard InChI is InChI=1S/C22H24ClN5O3/c23-20-9-3-1-7-19(20)16-26-12-14-27(15-13-26)17-22(29)25-24-11-5-8-18-6-2-4-10-21(18)28(30)31/h1-11H,12-17H2,(H,25,29)/b8-5+,24-11?. The number of carbonyl (C=O) groups excluding carboxylic acids is 1. The number of hydrogen-bond acceptors (Lipinski definition) is 6. The van der Waals surface area contributed by atoms with Crippen LogP contribution in [0.4, 0.5) is 5.69 Å². The van der Waals surface area contributed by atoms with Crippen LogP contribution in [-0.2, 0) is 11.3 Å². The molecule has 0 unspecified atom stereocenters. The Balaban J connectivity index is 1.39. The van der Waals surface area contributed by atoms with E-state index in [2.05, 4.69) is 20.3 Å². The Kier molecular flexibility index (Phi) is 8.28. The van der Waals surface area contributed by atoms with Crippen molar-refractivity contribution in [2.24, 2.45) is 5.10 Å². The van der Waals surface area contributed by atoms with Gasteiger partial charge in [-0.2, -0.15) is 5.10 Å². The summed E-state index contributed by atoms with van der Waals surface area (Å²) in [4.78, 5) is 27.0. The number of para-hydroxylation sites is 1. The highest BCUT2D eigenvalue weighted by Crippen LogP contribution is 2.19. The zero-order chi connectivity index (χ0) is 22.1. The van der Waals surface area contributed by atoms with Crippen LogP contribution < -0.4 is 5.43 Å². The first kappa shape index (κ1) is 22.6. The van der Waals surface area contributed by atoms with Crippen molar-refractivity contribution >= 4 is 35.5 Å². The largest absolute Gasteiger partial charge is 0.296 e. The van der Waals surface area contributed by atoms with E-state index in [-0.39, 0.29) is 18.1 Å². The summed E-state index contributed by atoms with van der Waals surface area (Å²) in [5.41, 5.74) is 4.09. The number of amides is 1. The van der Waals surface area contributed by atoms with Gasteiger partial charge in [0.15, 0.2) is 0 Å². The van der Waals surface area contributed by atoms with Crippen LogP contribution in [0.1, 0.15) is 11.1 Å². The van der Waals surface area contributed by atoms with Gasteiger partial charge in [-0.1, -0.05) is 41.9 Å². The lowest BCUT2D eigenvalue weighted by molar-refractivity contribution is -0.385. The van der Waals surface area contributed by atoms with E-state index in [4.69, 9.17) is 11.6 Å². The number of halogens is 1. The van der Waals surface area contributed by atoms with Gasteiger partial charge in [0.2, 0.25) is 0 Å². The summed E-state index contributed by atoms with van der Waals surface area (Å²) in [7, 11) is 0. The number of nitro benzene ring substituents is 1. The van der Waals surface area contributed by atoms with Crippen molar-refractivity contribution in [2.75, 3.05) is 32.7 Å². The zero-order valence-electron chi connectivity index (χ0n) is 17.0. The molecule has 1 heterocycles. The SMILES string of the molecule is O=C(CN1CCN(Cc2ccccc2Cl)CC1)NN=C/C=C/c1ccccc1[N+](=O)[O-]. The molecule has 2 aromatic carbocycles. The fourth-order valence-electron chi connectivity index (χ4n) is 3.31. The molecule has 8 nitrogen and oxygen atoms in total. The van der Waals surface area contributed by atoms with Gasteiger partial charge >= 0.3 is 0 Å². The molecule has 0 bridgehead atoms. The lowest BCUT2D eigenvalue weighted by Gasteiger charge is -2.34. The maximum absolute atomic E-state index is 12.1. The highest BCUT2D eigenvalue weighted by molar-refractivity contribution is 6.31. The molecule has 0 aliphatic carbocycles. The number of hydrazone groups is 1. The van der Waals surface area contributed by atoms with Crippen LogP contribution in [0.5, 0.6) is 0 Å². The molecule has 1 N–H and O–H groups in total. The van der Waals surface area contributed by atoms with E-state index in [9.17, 15) is 14.9 Å². The van der Waals surface area contributed by atoms with E-state index >= 15 is 0 Å². The molecule has 9 heteroatoms. The van der Waals surface area contributed by atoms with Crippen LogP contribution in [0.2, 0.25) is 5.02 Å². The number of rotatable bonds is 8. The Labute approximate surface area is 185 Å². The summed E-state index contributed by atoms with van der Waals surface area (Å²) in [6, 6.07) is 14.3. The fourth-order valence-corrected chi connectivity index (χ4v) is 3.50. The average molecular weight is 442 g/mol. The van der Waals surface area contributed by atoms with Gasteiger partial charge in [0.1, 0.15) is 0 Å². The lowest BCUT2D eigenvalue weighted by Crippen LogP contribution is -2.48. The lowest BCUT2D eigenvalue weighted by atomic mass is 10.2. The molecule has 3 rings (SSSR count). The molecule has 2 aromatic rings. The van der Waals surface area contributed by atoms with Crippen LogP contribution in [0.3, 0.4) is 0 Å². The number of allylic oxidation sites excluding steroid dienone is 1. The van der Waals surface area contributed by atoms with Crippen molar-refractivity contribution in [1.29, 1.82) is 0 Å². The monoisotopic (exact) mass is 441 g/mol. The van der Waals surface area contributed by atoms with Crippen LogP contribution in [0.15, 0.2) is 59.7 Å². The van der Waals surface area contributed by atoms with Gasteiger partial charge in [-0.3, -0.25) is 24.7 Å². The molecule has 0 atom stereocenters. The second-order valence-electron chi connectivity index (χ2n) is 7.13. The molecule has 0 spiro atoms. The Morgan fingerprint density at radius 2 is 1.77 bits per heavy atom. The van der Waals surface area contributed by atoms with E-state index in [1.807, 2.05) is 24.3 Å². The van der Waals surface area contributed by atoms with Gasteiger partial charge in [-0.05, 0) is 29.8 Å². The first-order valence-electron chi connectivity index (χ1n) is 9.93. The number of piperazine rings is 1. The van der Waals surface area contributed by atoms with Crippen LogP contribution >= 0.6 is 11.6 Å². The highest BCUT2D eigenvalue weighted by atomic mass is 35.5. The summed E-state index contributed by atoms with van der Waals surface area (Å²) < 4.78 is 0. The van der Waals surface area contributed by atoms with E-state index in [0.29, 0.717) is 5.56 Å². The topological polar surface area (TPSA) is 91.1 Å². The molecule has 1 saturated heterocycles. The summed E-state index contributed by atoms with van der Waals surface area (Å²) in [6.07, 6.45) is 4.53. The summed E-state index contributed by atoms with van der Waals surface area (Å²) >= 11 is 6.23. The quantitative estimate of drug-likeness (QED) is 0.386. The number of benzene rings is 2. The van der Waals surface area contributed by atoms with Crippen LogP contribution in [0.25, 0.3) is 6.08 Å². The number of hydrogen-bond donors (Lipinski definition) is 1. The molecule has 0 saturated carbocycles. The molecule has 1 fully saturated rings. The van der Waals surface area contributed by atoms with Gasteiger partial charge in [-0.15, -0.1) is 0 Å². The van der Waals surface area contributed by atoms with E-state index in [1.165, 1.54) is 12.3 Å². The first-order chi connectivity index (χ1) is 15.0. The third-order valence-corrected chi connectivity index (χ3v) is 5.31. The summed E-state index contributed by atoms with van der Waals surface area (Å²) in [5, 5.41) is 15.6. The van der Waals surface area contributed by atoms with Crippen molar-refractivity contribution < 1.29 is 9.72 Å². The van der Waals surface area contributed by atoms with Gasteiger partial charge in [0, 0.05) is 50.0 Å². The molecule has 0 radical (unpaired) electrons. The van der Waals surface area contributed by atoms with Gasteiger partial charge in [-0.25, -0.2) is 5.43 Å². The Morgan fingerprint density at radius 1 is 1.10 bits per heavy atom. The number of carbonyl (C=O) groups is 1. The number of nitrogens with one attached hydrogen (secondary N) is 1. The van der Waals surface area contributed by atoms with Crippen molar-refractivity contribution in [3.63, 3.8) is 0 Å². The minimum Gasteiger partial charge on any atom is -0.296 e. The minimum absolute atomic E-state index is 0.0184. The maximum Gasteiger partial charge on any atom is 0.276 e. The Bertz CT molecular complexity index is 971. The summed E-state index contributed by atoms with van der Waals surface area (Å²) in [5.74, 6) is -0.199. The van der Waals surface area contributed by atoms with Gasteiger partial charge in [0.05, 0.1) is 17.0 Å². The first-order valence-corrected chi connectivity index (χ1v) is 10.3. The maximum atomic E-state index is 12.1. The number of nitrogens with zero attached hydrogens (tertiary/aromatic N) is 4. The van der Waals surface area contributed by atoms with Crippen molar-refractivity contribution in [1.82, 2.24) is 15.2 Å². The third kappa shape index (κ3) is 6.99. The molecule has 31 heavy (non-hydrogen) atoms. The predicted octanol–water partition coefficient (Wildman–Crippen LogP) is 3.18. The normalized spacial score (nSPS) is 15.5. The fraction of sp³-hybridized carbons (Fsp3) is 0.273. The number of nitro groups is 1.